The lowest BCUT2D eigenvalue weighted by Crippen LogP contribution is -2.06. The van der Waals surface area contributed by atoms with Gasteiger partial charge < -0.3 is 5.32 Å². The van der Waals surface area contributed by atoms with Crippen molar-refractivity contribution in [1.29, 1.82) is 0 Å². The number of nitrogens with one attached hydrogen (secondary N) is 1. The molecule has 0 saturated heterocycles. The molecule has 2 aromatic heterocycles. The van der Waals surface area contributed by atoms with Gasteiger partial charge in [-0.05, 0) is 30.7 Å². The maximum Gasteiger partial charge on any atom is 0.148 e. The van der Waals surface area contributed by atoms with Crippen LogP contribution in [0.15, 0.2) is 29.7 Å². The SMILES string of the molecule is Cc1c(SCCCCl)ccnc1CNc1ncncc1Cl. The number of halogens is 2. The Morgan fingerprint density at radius 2 is 2.19 bits per heavy atom. The van der Waals surface area contributed by atoms with Crippen molar-refractivity contribution < 1.29 is 0 Å². The Morgan fingerprint density at radius 1 is 1.33 bits per heavy atom. The van der Waals surface area contributed by atoms with E-state index < -0.39 is 0 Å². The molecule has 0 saturated carbocycles. The molecule has 0 unspecified atom stereocenters. The highest BCUT2D eigenvalue weighted by Crippen LogP contribution is 2.25. The van der Waals surface area contributed by atoms with Gasteiger partial charge in [-0.15, -0.1) is 23.4 Å². The van der Waals surface area contributed by atoms with Gasteiger partial charge in [0, 0.05) is 17.0 Å². The van der Waals surface area contributed by atoms with E-state index in [9.17, 15) is 0 Å². The van der Waals surface area contributed by atoms with Crippen LogP contribution in [0.2, 0.25) is 5.02 Å². The minimum Gasteiger partial charge on any atom is -0.363 e. The quantitative estimate of drug-likeness (QED) is 0.465. The van der Waals surface area contributed by atoms with Crippen molar-refractivity contribution in [3.05, 3.63) is 41.1 Å². The summed E-state index contributed by atoms with van der Waals surface area (Å²) < 4.78 is 0. The van der Waals surface area contributed by atoms with Crippen LogP contribution in [-0.4, -0.2) is 26.6 Å². The second kappa shape index (κ2) is 8.41. The van der Waals surface area contributed by atoms with Gasteiger partial charge in [0.15, 0.2) is 0 Å². The summed E-state index contributed by atoms with van der Waals surface area (Å²) in [6, 6.07) is 2.04. The number of rotatable bonds is 7. The van der Waals surface area contributed by atoms with Gasteiger partial charge in [0.25, 0.3) is 0 Å². The highest BCUT2D eigenvalue weighted by Gasteiger charge is 2.07. The van der Waals surface area contributed by atoms with Gasteiger partial charge in [0.05, 0.1) is 18.4 Å². The number of hydrogen-bond acceptors (Lipinski definition) is 5. The van der Waals surface area contributed by atoms with E-state index >= 15 is 0 Å². The van der Waals surface area contributed by atoms with E-state index in [0.717, 1.165) is 17.9 Å². The molecule has 0 spiro atoms. The van der Waals surface area contributed by atoms with Crippen molar-refractivity contribution >= 4 is 40.8 Å². The smallest absolute Gasteiger partial charge is 0.148 e. The Hall–Kier alpha value is -1.04. The molecule has 0 aromatic carbocycles. The molecule has 0 aliphatic rings. The number of anilines is 1. The van der Waals surface area contributed by atoms with E-state index in [4.69, 9.17) is 23.2 Å². The molecule has 112 valence electrons. The minimum absolute atomic E-state index is 0.503. The molecule has 2 rings (SSSR count). The number of pyridine rings is 1. The van der Waals surface area contributed by atoms with Crippen molar-refractivity contribution in [2.75, 3.05) is 16.9 Å². The third-order valence-electron chi connectivity index (χ3n) is 2.89. The van der Waals surface area contributed by atoms with Crippen molar-refractivity contribution in [2.24, 2.45) is 0 Å². The first-order valence-electron chi connectivity index (χ1n) is 6.55. The summed E-state index contributed by atoms with van der Waals surface area (Å²) in [6.45, 7) is 2.65. The van der Waals surface area contributed by atoms with Crippen LogP contribution in [0.5, 0.6) is 0 Å². The average Bonchev–Trinajstić information content (AvgIpc) is 2.49. The summed E-state index contributed by atoms with van der Waals surface area (Å²) in [6.07, 6.45) is 5.86. The molecule has 0 atom stereocenters. The summed E-state index contributed by atoms with van der Waals surface area (Å²) in [5, 5.41) is 3.69. The number of hydrogen-bond donors (Lipinski definition) is 1. The molecule has 1 N–H and O–H groups in total. The molecule has 2 heterocycles. The van der Waals surface area contributed by atoms with Gasteiger partial charge in [-0.25, -0.2) is 9.97 Å². The molecule has 2 aromatic rings. The first kappa shape index (κ1) is 16.3. The van der Waals surface area contributed by atoms with E-state index in [-0.39, 0.29) is 0 Å². The molecule has 21 heavy (non-hydrogen) atoms. The number of nitrogens with zero attached hydrogens (tertiary/aromatic N) is 3. The Bertz CT molecular complexity index is 595. The largest absolute Gasteiger partial charge is 0.363 e. The highest BCUT2D eigenvalue weighted by molar-refractivity contribution is 7.99. The standard InChI is InChI=1S/C14H16Cl2N4S/c1-10-12(8-19-14-11(16)7-17-9-20-14)18-5-3-13(10)21-6-2-4-15/h3,5,7,9H,2,4,6,8H2,1H3,(H,17,19,20). The zero-order valence-electron chi connectivity index (χ0n) is 11.6. The molecule has 0 radical (unpaired) electrons. The monoisotopic (exact) mass is 342 g/mol. The summed E-state index contributed by atoms with van der Waals surface area (Å²) in [5.74, 6) is 2.32. The minimum atomic E-state index is 0.503. The van der Waals surface area contributed by atoms with Gasteiger partial charge in [-0.1, -0.05) is 11.6 Å². The van der Waals surface area contributed by atoms with Gasteiger partial charge in [0.1, 0.15) is 17.2 Å². The van der Waals surface area contributed by atoms with Gasteiger partial charge in [-0.3, -0.25) is 4.98 Å². The van der Waals surface area contributed by atoms with E-state index in [1.165, 1.54) is 16.8 Å². The summed E-state index contributed by atoms with van der Waals surface area (Å²) in [4.78, 5) is 13.6. The molecule has 0 aliphatic carbocycles. The molecular weight excluding hydrogens is 327 g/mol. The van der Waals surface area contributed by atoms with Crippen LogP contribution in [0.25, 0.3) is 0 Å². The second-order valence-corrected chi connectivity index (χ2v) is 6.27. The fraction of sp³-hybridized carbons (Fsp3) is 0.357. The predicted molar refractivity (Wildman–Crippen MR) is 89.4 cm³/mol. The van der Waals surface area contributed by atoms with Crippen LogP contribution >= 0.6 is 35.0 Å². The Balaban J connectivity index is 2.03. The third kappa shape index (κ3) is 4.73. The van der Waals surface area contributed by atoms with Gasteiger partial charge >= 0.3 is 0 Å². The van der Waals surface area contributed by atoms with Crippen molar-refractivity contribution in [3.8, 4) is 0 Å². The molecule has 0 amide bonds. The normalized spacial score (nSPS) is 10.6. The van der Waals surface area contributed by atoms with Gasteiger partial charge in [-0.2, -0.15) is 0 Å². The molecule has 0 fully saturated rings. The first-order valence-corrected chi connectivity index (χ1v) is 8.44. The Labute approximate surface area is 138 Å². The summed E-state index contributed by atoms with van der Waals surface area (Å²) >= 11 is 13.5. The molecular formula is C14H16Cl2N4S. The number of thioether (sulfide) groups is 1. The lowest BCUT2D eigenvalue weighted by atomic mass is 10.2. The lowest BCUT2D eigenvalue weighted by Gasteiger charge is -2.11. The molecule has 0 bridgehead atoms. The van der Waals surface area contributed by atoms with Gasteiger partial charge in [0.2, 0.25) is 0 Å². The van der Waals surface area contributed by atoms with Crippen LogP contribution in [0, 0.1) is 6.92 Å². The van der Waals surface area contributed by atoms with Crippen LogP contribution in [0.1, 0.15) is 17.7 Å². The number of aromatic nitrogens is 3. The van der Waals surface area contributed by atoms with Crippen molar-refractivity contribution in [1.82, 2.24) is 15.0 Å². The van der Waals surface area contributed by atoms with Crippen LogP contribution < -0.4 is 5.32 Å². The molecule has 7 heteroatoms. The molecule has 0 aliphatic heterocycles. The first-order chi connectivity index (χ1) is 10.2. The zero-order chi connectivity index (χ0) is 15.1. The van der Waals surface area contributed by atoms with Crippen LogP contribution in [0.4, 0.5) is 5.82 Å². The fourth-order valence-electron chi connectivity index (χ4n) is 1.74. The number of alkyl halides is 1. The topological polar surface area (TPSA) is 50.7 Å². The maximum atomic E-state index is 6.02. The maximum absolute atomic E-state index is 6.02. The third-order valence-corrected chi connectivity index (χ3v) is 4.68. The van der Waals surface area contributed by atoms with E-state index in [0.29, 0.717) is 23.3 Å². The Morgan fingerprint density at radius 3 is 2.95 bits per heavy atom. The average molecular weight is 343 g/mol. The Kier molecular flexibility index (Phi) is 6.54. The molecule has 4 nitrogen and oxygen atoms in total. The summed E-state index contributed by atoms with van der Waals surface area (Å²) in [7, 11) is 0. The van der Waals surface area contributed by atoms with Crippen LogP contribution in [0.3, 0.4) is 0 Å². The second-order valence-electron chi connectivity index (χ2n) is 4.34. The zero-order valence-corrected chi connectivity index (χ0v) is 14.0. The van der Waals surface area contributed by atoms with Crippen LogP contribution in [-0.2, 0) is 6.54 Å². The van der Waals surface area contributed by atoms with Crippen molar-refractivity contribution in [3.63, 3.8) is 0 Å². The van der Waals surface area contributed by atoms with E-state index in [1.807, 2.05) is 12.3 Å². The van der Waals surface area contributed by atoms with Crippen molar-refractivity contribution in [2.45, 2.75) is 24.8 Å². The highest BCUT2D eigenvalue weighted by atomic mass is 35.5. The lowest BCUT2D eigenvalue weighted by molar-refractivity contribution is 0.975. The van der Waals surface area contributed by atoms with E-state index in [1.54, 1.807) is 18.0 Å². The van der Waals surface area contributed by atoms with E-state index in [2.05, 4.69) is 27.2 Å². The predicted octanol–water partition coefficient (Wildman–Crippen LogP) is 4.17. The summed E-state index contributed by atoms with van der Waals surface area (Å²) in [5.41, 5.74) is 2.16. The fourth-order valence-corrected chi connectivity index (χ4v) is 3.20.